The van der Waals surface area contributed by atoms with Crippen molar-refractivity contribution in [3.8, 4) is 0 Å². The van der Waals surface area contributed by atoms with Gasteiger partial charge in [0.05, 0.1) is 23.9 Å². The molecule has 0 aromatic carbocycles. The second-order valence-electron chi connectivity index (χ2n) is 5.64. The number of fused-ring (bicyclic) bond motifs is 1. The summed E-state index contributed by atoms with van der Waals surface area (Å²) in [6.07, 6.45) is 3.37. The minimum Gasteiger partial charge on any atom is -0.465 e. The molecule has 0 aliphatic carbocycles. The minimum absolute atomic E-state index is 0.0127. The highest BCUT2D eigenvalue weighted by molar-refractivity contribution is 6.07. The number of hydrogen-bond donors (Lipinski definition) is 0. The summed E-state index contributed by atoms with van der Waals surface area (Å²) in [7, 11) is 1.85. The van der Waals surface area contributed by atoms with Crippen molar-refractivity contribution in [1.29, 1.82) is 0 Å². The van der Waals surface area contributed by atoms with E-state index < -0.39 is 0 Å². The van der Waals surface area contributed by atoms with Crippen LogP contribution in [0.5, 0.6) is 0 Å². The highest BCUT2D eigenvalue weighted by Gasteiger charge is 2.33. The molecule has 0 radical (unpaired) electrons. The zero-order valence-corrected chi connectivity index (χ0v) is 12.9. The first-order valence-corrected chi connectivity index (χ1v) is 7.65. The lowest BCUT2D eigenvalue weighted by molar-refractivity contribution is -0.145. The van der Waals surface area contributed by atoms with E-state index in [0.717, 1.165) is 12.1 Å². The first-order valence-electron chi connectivity index (χ1n) is 7.65. The molecule has 3 rings (SSSR count). The highest BCUT2D eigenvalue weighted by Crippen LogP contribution is 2.32. The molecule has 1 aliphatic heterocycles. The molecule has 0 saturated heterocycles. The summed E-state index contributed by atoms with van der Waals surface area (Å²) in [4.78, 5) is 24.7. The number of ketones is 1. The lowest BCUT2D eigenvalue weighted by Gasteiger charge is -2.09. The molecule has 116 valence electrons. The summed E-state index contributed by atoms with van der Waals surface area (Å²) >= 11 is 0. The van der Waals surface area contributed by atoms with E-state index in [1.165, 1.54) is 0 Å². The van der Waals surface area contributed by atoms with Gasteiger partial charge >= 0.3 is 5.97 Å². The Bertz CT molecular complexity index is 711. The molecule has 0 fully saturated rings. The molecule has 2 aromatic heterocycles. The molecule has 0 saturated carbocycles. The lowest BCUT2D eigenvalue weighted by atomic mass is 10.1. The van der Waals surface area contributed by atoms with E-state index in [-0.39, 0.29) is 17.7 Å². The molecular weight excluding hydrogens is 280 g/mol. The van der Waals surface area contributed by atoms with Gasteiger partial charge in [0, 0.05) is 25.5 Å². The molecule has 5 nitrogen and oxygen atoms in total. The number of carbonyl (C=O) groups is 2. The van der Waals surface area contributed by atoms with Gasteiger partial charge in [-0.05, 0) is 37.1 Å². The summed E-state index contributed by atoms with van der Waals surface area (Å²) in [6, 6.07) is 7.35. The second-order valence-corrected chi connectivity index (χ2v) is 5.64. The maximum atomic E-state index is 12.6. The monoisotopic (exact) mass is 300 g/mol. The average molecular weight is 300 g/mol. The molecule has 0 spiro atoms. The van der Waals surface area contributed by atoms with Crippen LogP contribution < -0.4 is 0 Å². The Morgan fingerprint density at radius 1 is 1.27 bits per heavy atom. The van der Waals surface area contributed by atoms with E-state index in [0.29, 0.717) is 31.0 Å². The van der Waals surface area contributed by atoms with Crippen LogP contribution >= 0.6 is 0 Å². The van der Waals surface area contributed by atoms with Crippen LogP contribution in [0.4, 0.5) is 0 Å². The van der Waals surface area contributed by atoms with Crippen molar-refractivity contribution >= 4 is 11.8 Å². The van der Waals surface area contributed by atoms with E-state index in [4.69, 9.17) is 4.74 Å². The maximum absolute atomic E-state index is 12.6. The average Bonchev–Trinajstić information content (AvgIpc) is 3.19. The van der Waals surface area contributed by atoms with Crippen LogP contribution in [0.1, 0.15) is 47.6 Å². The lowest BCUT2D eigenvalue weighted by Crippen LogP contribution is -2.14. The number of nitrogens with zero attached hydrogens (tertiary/aromatic N) is 2. The van der Waals surface area contributed by atoms with Crippen LogP contribution in [0.15, 0.2) is 30.5 Å². The fourth-order valence-corrected chi connectivity index (χ4v) is 3.01. The smallest absolute Gasteiger partial charge is 0.315 e. The molecule has 5 heteroatoms. The molecule has 1 aliphatic rings. The van der Waals surface area contributed by atoms with Crippen LogP contribution in [0.2, 0.25) is 0 Å². The number of esters is 1. The van der Waals surface area contributed by atoms with E-state index in [2.05, 4.69) is 0 Å². The van der Waals surface area contributed by atoms with Crippen molar-refractivity contribution < 1.29 is 14.3 Å². The fraction of sp³-hybridized carbons (Fsp3) is 0.412. The Hall–Kier alpha value is -2.30. The molecule has 1 atom stereocenters. The zero-order chi connectivity index (χ0) is 15.7. The van der Waals surface area contributed by atoms with Gasteiger partial charge in [-0.15, -0.1) is 0 Å². The van der Waals surface area contributed by atoms with Gasteiger partial charge in [0.15, 0.2) is 0 Å². The number of ether oxygens (including phenoxy) is 1. The number of aryl methyl sites for hydroxylation is 1. The third-order valence-electron chi connectivity index (χ3n) is 4.15. The number of hydrogen-bond acceptors (Lipinski definition) is 3. The summed E-state index contributed by atoms with van der Waals surface area (Å²) in [5.74, 6) is -0.445. The molecule has 22 heavy (non-hydrogen) atoms. The van der Waals surface area contributed by atoms with Crippen LogP contribution in [0, 0.1) is 0 Å². The highest BCUT2D eigenvalue weighted by atomic mass is 16.5. The first-order chi connectivity index (χ1) is 10.6. The van der Waals surface area contributed by atoms with Gasteiger partial charge in [-0.25, -0.2) is 0 Å². The normalized spacial score (nSPS) is 16.5. The summed E-state index contributed by atoms with van der Waals surface area (Å²) < 4.78 is 9.01. The van der Waals surface area contributed by atoms with Crippen molar-refractivity contribution in [3.63, 3.8) is 0 Å². The fourth-order valence-electron chi connectivity index (χ4n) is 3.01. The van der Waals surface area contributed by atoms with Crippen molar-refractivity contribution in [1.82, 2.24) is 9.13 Å². The van der Waals surface area contributed by atoms with E-state index >= 15 is 0 Å². The predicted molar refractivity (Wildman–Crippen MR) is 81.9 cm³/mol. The van der Waals surface area contributed by atoms with Crippen LogP contribution in [0.25, 0.3) is 0 Å². The topological polar surface area (TPSA) is 53.2 Å². The molecule has 1 unspecified atom stereocenters. The third-order valence-corrected chi connectivity index (χ3v) is 4.15. The number of rotatable bonds is 5. The van der Waals surface area contributed by atoms with Crippen molar-refractivity contribution in [2.45, 2.75) is 32.2 Å². The van der Waals surface area contributed by atoms with E-state index in [9.17, 15) is 9.59 Å². The SMILES string of the molecule is CCCOC(=O)C1CCn2c(C(=O)c3cccn3C)ccc21. The number of carbonyl (C=O) groups excluding carboxylic acids is 2. The quantitative estimate of drug-likeness (QED) is 0.630. The minimum atomic E-state index is -0.249. The van der Waals surface area contributed by atoms with Crippen molar-refractivity contribution in [2.24, 2.45) is 7.05 Å². The van der Waals surface area contributed by atoms with Gasteiger partial charge in [-0.2, -0.15) is 0 Å². The molecule has 2 aromatic rings. The van der Waals surface area contributed by atoms with Crippen LogP contribution in [-0.2, 0) is 23.1 Å². The Labute approximate surface area is 129 Å². The summed E-state index contributed by atoms with van der Waals surface area (Å²) in [6.45, 7) is 3.10. The largest absolute Gasteiger partial charge is 0.465 e. The van der Waals surface area contributed by atoms with Gasteiger partial charge in [-0.3, -0.25) is 9.59 Å². The third kappa shape index (κ3) is 2.36. The van der Waals surface area contributed by atoms with Gasteiger partial charge in [0.25, 0.3) is 0 Å². The maximum Gasteiger partial charge on any atom is 0.315 e. The molecule has 0 bridgehead atoms. The molecule has 0 amide bonds. The Kier molecular flexibility index (Phi) is 3.88. The molecule has 3 heterocycles. The second kappa shape index (κ2) is 5.83. The summed E-state index contributed by atoms with van der Waals surface area (Å²) in [5.41, 5.74) is 2.18. The Balaban J connectivity index is 1.85. The van der Waals surface area contributed by atoms with Gasteiger partial charge in [0.2, 0.25) is 5.78 Å². The molecule has 0 N–H and O–H groups in total. The van der Waals surface area contributed by atoms with Gasteiger partial charge in [-0.1, -0.05) is 6.92 Å². The van der Waals surface area contributed by atoms with Crippen molar-refractivity contribution in [3.05, 3.63) is 47.5 Å². The van der Waals surface area contributed by atoms with Crippen LogP contribution in [-0.4, -0.2) is 27.5 Å². The van der Waals surface area contributed by atoms with Crippen molar-refractivity contribution in [2.75, 3.05) is 6.61 Å². The first kappa shape index (κ1) is 14.6. The Morgan fingerprint density at radius 3 is 2.77 bits per heavy atom. The van der Waals surface area contributed by atoms with E-state index in [1.807, 2.05) is 53.6 Å². The zero-order valence-electron chi connectivity index (χ0n) is 12.9. The van der Waals surface area contributed by atoms with E-state index in [1.54, 1.807) is 0 Å². The Morgan fingerprint density at radius 2 is 2.09 bits per heavy atom. The summed E-state index contributed by atoms with van der Waals surface area (Å²) in [5, 5.41) is 0. The standard InChI is InChI=1S/C17H20N2O3/c1-3-11-22-17(21)12-8-10-19-13(12)6-7-15(19)16(20)14-5-4-9-18(14)2/h4-7,9,12H,3,8,10-11H2,1-2H3. The number of aromatic nitrogens is 2. The van der Waals surface area contributed by atoms with Gasteiger partial charge in [0.1, 0.15) is 0 Å². The van der Waals surface area contributed by atoms with Crippen LogP contribution in [0.3, 0.4) is 0 Å². The van der Waals surface area contributed by atoms with Gasteiger partial charge < -0.3 is 13.9 Å². The molecular formula is C17H20N2O3. The predicted octanol–water partition coefficient (Wildman–Crippen LogP) is 2.50.